The molecule has 0 aliphatic carbocycles. The van der Waals surface area contributed by atoms with E-state index in [-0.39, 0.29) is 22.6 Å². The van der Waals surface area contributed by atoms with Crippen LogP contribution in [0.3, 0.4) is 0 Å². The van der Waals surface area contributed by atoms with Crippen LogP contribution in [0.1, 0.15) is 5.56 Å². The van der Waals surface area contributed by atoms with Gasteiger partial charge in [0, 0.05) is 23.4 Å². The molecule has 6 nitrogen and oxygen atoms in total. The number of nitrogen functional groups attached to an aromatic ring is 1. The van der Waals surface area contributed by atoms with Gasteiger partial charge in [-0.3, -0.25) is 20.3 Å². The van der Waals surface area contributed by atoms with Crippen molar-refractivity contribution in [3.05, 3.63) is 33.9 Å². The molecule has 0 fully saturated rings. The number of hydrogen-bond acceptors (Lipinski definition) is 5. The molecule has 6 heteroatoms. The summed E-state index contributed by atoms with van der Waals surface area (Å²) < 4.78 is 0. The molecule has 0 spiro atoms. The molecule has 1 aromatic rings. The number of nitrogens with zero attached hydrogens (tertiary/aromatic N) is 1. The number of nitrogens with one attached hydrogen (secondary N) is 1. The molecule has 0 atom stereocenters. The van der Waals surface area contributed by atoms with Gasteiger partial charge in [-0.1, -0.05) is 0 Å². The Hall–Kier alpha value is -2.24. The first-order chi connectivity index (χ1) is 6.56. The fourth-order valence-corrected chi connectivity index (χ4v) is 0.972. The van der Waals surface area contributed by atoms with Crippen molar-refractivity contribution in [1.82, 2.24) is 0 Å². The lowest BCUT2D eigenvalue weighted by Crippen LogP contribution is -2.05. The Balaban J connectivity index is 3.20. The SMILES string of the molecule is N=C(C=O)c1ccc([N+](=O)[O-])cc1N. The first kappa shape index (κ1) is 9.85. The van der Waals surface area contributed by atoms with Gasteiger partial charge in [0.1, 0.15) is 5.71 Å². The topological polar surface area (TPSA) is 110 Å². The highest BCUT2D eigenvalue weighted by atomic mass is 16.6. The summed E-state index contributed by atoms with van der Waals surface area (Å²) in [6.07, 6.45) is 0.331. The lowest BCUT2D eigenvalue weighted by atomic mass is 10.1. The lowest BCUT2D eigenvalue weighted by molar-refractivity contribution is -0.384. The Kier molecular flexibility index (Phi) is 2.57. The van der Waals surface area contributed by atoms with E-state index in [2.05, 4.69) is 0 Å². The number of nitrogens with two attached hydrogens (primary N) is 1. The molecule has 0 aliphatic heterocycles. The van der Waals surface area contributed by atoms with Crippen LogP contribution in [0.25, 0.3) is 0 Å². The molecule has 0 unspecified atom stereocenters. The Morgan fingerprint density at radius 3 is 2.64 bits per heavy atom. The van der Waals surface area contributed by atoms with Crippen molar-refractivity contribution in [2.45, 2.75) is 0 Å². The number of carbonyl (C=O) groups is 1. The number of aldehydes is 1. The Morgan fingerprint density at radius 2 is 2.21 bits per heavy atom. The van der Waals surface area contributed by atoms with E-state index in [0.717, 1.165) is 6.07 Å². The number of hydrogen-bond donors (Lipinski definition) is 2. The fraction of sp³-hybridized carbons (Fsp3) is 0. The Labute approximate surface area is 79.0 Å². The van der Waals surface area contributed by atoms with Gasteiger partial charge in [-0.05, 0) is 6.07 Å². The minimum Gasteiger partial charge on any atom is -0.398 e. The van der Waals surface area contributed by atoms with Crippen molar-refractivity contribution < 1.29 is 9.72 Å². The van der Waals surface area contributed by atoms with Crippen LogP contribution in [-0.2, 0) is 4.79 Å². The van der Waals surface area contributed by atoms with Gasteiger partial charge in [-0.2, -0.15) is 0 Å². The highest BCUT2D eigenvalue weighted by molar-refractivity contribution is 6.36. The van der Waals surface area contributed by atoms with Crippen molar-refractivity contribution >= 4 is 23.4 Å². The number of anilines is 1. The normalized spacial score (nSPS) is 9.43. The van der Waals surface area contributed by atoms with Gasteiger partial charge >= 0.3 is 0 Å². The van der Waals surface area contributed by atoms with Gasteiger partial charge in [0.2, 0.25) is 0 Å². The van der Waals surface area contributed by atoms with Crippen LogP contribution in [-0.4, -0.2) is 16.9 Å². The van der Waals surface area contributed by atoms with Crippen LogP contribution in [0.4, 0.5) is 11.4 Å². The summed E-state index contributed by atoms with van der Waals surface area (Å²) in [5.74, 6) is 0. The van der Waals surface area contributed by atoms with Gasteiger partial charge in [0.25, 0.3) is 5.69 Å². The molecule has 0 bridgehead atoms. The summed E-state index contributed by atoms with van der Waals surface area (Å²) in [6, 6.07) is 3.60. The van der Waals surface area contributed by atoms with Crippen molar-refractivity contribution in [2.24, 2.45) is 0 Å². The summed E-state index contributed by atoms with van der Waals surface area (Å²) in [4.78, 5) is 20.0. The minimum atomic E-state index is -0.593. The molecule has 0 heterocycles. The summed E-state index contributed by atoms with van der Waals surface area (Å²) in [5, 5.41) is 17.5. The van der Waals surface area contributed by atoms with Crippen LogP contribution in [0, 0.1) is 15.5 Å². The van der Waals surface area contributed by atoms with Crippen LogP contribution in [0.15, 0.2) is 18.2 Å². The van der Waals surface area contributed by atoms with Crippen LogP contribution < -0.4 is 5.73 Å². The predicted octanol–water partition coefficient (Wildman–Crippen LogP) is 0.744. The van der Waals surface area contributed by atoms with E-state index in [9.17, 15) is 14.9 Å². The molecule has 0 aliphatic rings. The molecule has 14 heavy (non-hydrogen) atoms. The van der Waals surface area contributed by atoms with Gasteiger partial charge in [-0.25, -0.2) is 0 Å². The number of non-ortho nitro benzene ring substituents is 1. The molecule has 0 saturated carbocycles. The van der Waals surface area contributed by atoms with Crippen molar-refractivity contribution in [1.29, 1.82) is 5.41 Å². The molecule has 0 aromatic heterocycles. The van der Waals surface area contributed by atoms with Gasteiger partial charge in [-0.15, -0.1) is 0 Å². The quantitative estimate of drug-likeness (QED) is 0.242. The largest absolute Gasteiger partial charge is 0.398 e. The third-order valence-electron chi connectivity index (χ3n) is 1.65. The van der Waals surface area contributed by atoms with E-state index in [1.165, 1.54) is 12.1 Å². The number of nitro groups is 1. The standard InChI is InChI=1S/C8H7N3O3/c9-7-3-5(11(13)14)1-2-6(7)8(10)4-12/h1-4,10H,9H2. The third kappa shape index (κ3) is 1.74. The maximum absolute atomic E-state index is 10.3. The average Bonchev–Trinajstić information content (AvgIpc) is 2.16. The second-order valence-electron chi connectivity index (χ2n) is 2.56. The van der Waals surface area contributed by atoms with E-state index in [1.54, 1.807) is 0 Å². The first-order valence-electron chi connectivity index (χ1n) is 3.64. The average molecular weight is 193 g/mol. The Morgan fingerprint density at radius 1 is 1.57 bits per heavy atom. The number of rotatable bonds is 3. The summed E-state index contributed by atoms with van der Waals surface area (Å²) in [7, 11) is 0. The van der Waals surface area contributed by atoms with E-state index in [1.807, 2.05) is 0 Å². The molecule has 0 amide bonds. The smallest absolute Gasteiger partial charge is 0.271 e. The zero-order valence-electron chi connectivity index (χ0n) is 7.06. The van der Waals surface area contributed by atoms with Gasteiger partial charge < -0.3 is 5.73 Å². The second kappa shape index (κ2) is 3.65. The lowest BCUT2D eigenvalue weighted by Gasteiger charge is -2.01. The van der Waals surface area contributed by atoms with Gasteiger partial charge in [0.05, 0.1) is 4.92 Å². The third-order valence-corrected chi connectivity index (χ3v) is 1.65. The summed E-state index contributed by atoms with van der Waals surface area (Å²) in [5.41, 5.74) is 5.23. The molecule has 1 rings (SSSR count). The zero-order chi connectivity index (χ0) is 10.7. The summed E-state index contributed by atoms with van der Waals surface area (Å²) >= 11 is 0. The maximum atomic E-state index is 10.3. The second-order valence-corrected chi connectivity index (χ2v) is 2.56. The van der Waals surface area contributed by atoms with Gasteiger partial charge in [0.15, 0.2) is 6.29 Å². The monoisotopic (exact) mass is 193 g/mol. The van der Waals surface area contributed by atoms with Crippen molar-refractivity contribution in [3.8, 4) is 0 Å². The number of benzene rings is 1. The summed E-state index contributed by atoms with van der Waals surface area (Å²) in [6.45, 7) is 0. The fourth-order valence-electron chi connectivity index (χ4n) is 0.972. The molecule has 3 N–H and O–H groups in total. The first-order valence-corrected chi connectivity index (χ1v) is 3.64. The van der Waals surface area contributed by atoms with E-state index < -0.39 is 4.92 Å². The molecular formula is C8H7N3O3. The number of nitro benzene ring substituents is 1. The van der Waals surface area contributed by atoms with Crippen LogP contribution in [0.2, 0.25) is 0 Å². The zero-order valence-corrected chi connectivity index (χ0v) is 7.06. The van der Waals surface area contributed by atoms with E-state index in [4.69, 9.17) is 11.1 Å². The highest BCUT2D eigenvalue weighted by Crippen LogP contribution is 2.19. The molecule has 0 saturated heterocycles. The van der Waals surface area contributed by atoms with E-state index in [0.29, 0.717) is 6.29 Å². The Bertz CT molecular complexity index is 414. The minimum absolute atomic E-state index is 0.0521. The molecular weight excluding hydrogens is 186 g/mol. The molecule has 1 aromatic carbocycles. The van der Waals surface area contributed by atoms with E-state index >= 15 is 0 Å². The number of carbonyl (C=O) groups excluding carboxylic acids is 1. The van der Waals surface area contributed by atoms with Crippen molar-refractivity contribution in [2.75, 3.05) is 5.73 Å². The predicted molar refractivity (Wildman–Crippen MR) is 50.4 cm³/mol. The highest BCUT2D eigenvalue weighted by Gasteiger charge is 2.10. The van der Waals surface area contributed by atoms with Crippen molar-refractivity contribution in [3.63, 3.8) is 0 Å². The molecule has 72 valence electrons. The van der Waals surface area contributed by atoms with Crippen LogP contribution >= 0.6 is 0 Å². The molecule has 0 radical (unpaired) electrons. The van der Waals surface area contributed by atoms with Crippen LogP contribution in [0.5, 0.6) is 0 Å². The maximum Gasteiger partial charge on any atom is 0.271 e.